The minimum atomic E-state index is -3.95. The maximum absolute atomic E-state index is 12.4. The molecule has 0 aromatic heterocycles. The van der Waals surface area contributed by atoms with Crippen LogP contribution in [0.5, 0.6) is 0 Å². The lowest BCUT2D eigenvalue weighted by Crippen LogP contribution is -2.45. The van der Waals surface area contributed by atoms with E-state index in [0.717, 1.165) is 37.7 Å². The molecule has 3 rings (SSSR count). The van der Waals surface area contributed by atoms with E-state index in [1.807, 2.05) is 6.07 Å². The lowest BCUT2D eigenvalue weighted by molar-refractivity contribution is 0.0951. The number of rotatable bonds is 6. The average molecular weight is 416 g/mol. The van der Waals surface area contributed by atoms with Crippen molar-refractivity contribution in [3.8, 4) is 0 Å². The zero-order valence-electron chi connectivity index (χ0n) is 16.1. The van der Waals surface area contributed by atoms with E-state index in [0.29, 0.717) is 5.56 Å². The lowest BCUT2D eigenvalue weighted by atomic mass is 9.96. The number of sulfonamides is 1. The number of amides is 3. The van der Waals surface area contributed by atoms with Gasteiger partial charge in [0.05, 0.1) is 4.90 Å². The molecular formula is C21H25N3O4S. The fourth-order valence-electron chi connectivity index (χ4n) is 3.30. The molecule has 8 heteroatoms. The molecule has 2 aromatic rings. The molecule has 1 aliphatic carbocycles. The van der Waals surface area contributed by atoms with Gasteiger partial charge in [0.1, 0.15) is 0 Å². The summed E-state index contributed by atoms with van der Waals surface area (Å²) in [6, 6.07) is 14.2. The topological polar surface area (TPSA) is 104 Å². The number of urea groups is 1. The molecule has 2 aromatic carbocycles. The summed E-state index contributed by atoms with van der Waals surface area (Å²) >= 11 is 0. The summed E-state index contributed by atoms with van der Waals surface area (Å²) in [6.07, 6.45) is 4.98. The van der Waals surface area contributed by atoms with Gasteiger partial charge in [0.25, 0.3) is 15.9 Å². The predicted octanol–water partition coefficient (Wildman–Crippen LogP) is 2.94. The van der Waals surface area contributed by atoms with E-state index >= 15 is 0 Å². The van der Waals surface area contributed by atoms with Crippen LogP contribution in [0.4, 0.5) is 4.79 Å². The summed E-state index contributed by atoms with van der Waals surface area (Å²) in [5.41, 5.74) is 1.31. The van der Waals surface area contributed by atoms with E-state index in [9.17, 15) is 18.0 Å². The smallest absolute Gasteiger partial charge is 0.328 e. The maximum Gasteiger partial charge on any atom is 0.328 e. The van der Waals surface area contributed by atoms with Crippen LogP contribution in [0.15, 0.2) is 59.5 Å². The van der Waals surface area contributed by atoms with E-state index < -0.39 is 16.1 Å². The summed E-state index contributed by atoms with van der Waals surface area (Å²) in [7, 11) is -3.95. The van der Waals surface area contributed by atoms with Gasteiger partial charge in [-0.15, -0.1) is 0 Å². The number of carbonyl (C=O) groups is 2. The Bertz CT molecular complexity index is 938. The summed E-state index contributed by atoms with van der Waals surface area (Å²) in [4.78, 5) is 24.1. The first-order valence-corrected chi connectivity index (χ1v) is 11.2. The third-order valence-corrected chi connectivity index (χ3v) is 6.24. The molecule has 0 unspecified atom stereocenters. The maximum atomic E-state index is 12.4. The van der Waals surface area contributed by atoms with Crippen LogP contribution in [0.1, 0.15) is 48.0 Å². The third-order valence-electron chi connectivity index (χ3n) is 4.89. The Kier molecular flexibility index (Phi) is 6.87. The first kappa shape index (κ1) is 20.9. The Labute approximate surface area is 171 Å². The fourth-order valence-corrected chi connectivity index (χ4v) is 4.22. The molecule has 1 aliphatic rings. The highest BCUT2D eigenvalue weighted by Gasteiger charge is 2.21. The van der Waals surface area contributed by atoms with Crippen LogP contribution in [0.25, 0.3) is 0 Å². The molecule has 1 saturated carbocycles. The fraction of sp³-hybridized carbons (Fsp3) is 0.333. The molecule has 0 saturated heterocycles. The molecular weight excluding hydrogens is 390 g/mol. The Balaban J connectivity index is 1.54. The third kappa shape index (κ3) is 6.05. The van der Waals surface area contributed by atoms with E-state index in [2.05, 4.69) is 15.4 Å². The standard InChI is InChI=1S/C21H25N3O4S/c25-20(17-7-3-1-4-8-17)22-15-16-11-13-19(14-12-16)29(27,28)24-21(26)23-18-9-5-2-6-10-18/h1,3-4,7-8,11-14,18H,2,5-6,9-10,15H2,(H,22,25)(H2,23,24,26). The van der Waals surface area contributed by atoms with Crippen LogP contribution in [0.2, 0.25) is 0 Å². The van der Waals surface area contributed by atoms with E-state index in [1.54, 1.807) is 36.4 Å². The number of hydrogen-bond donors (Lipinski definition) is 3. The van der Waals surface area contributed by atoms with Gasteiger partial charge in [-0.3, -0.25) is 4.79 Å². The van der Waals surface area contributed by atoms with Gasteiger partial charge in [0, 0.05) is 18.2 Å². The van der Waals surface area contributed by atoms with E-state index in [4.69, 9.17) is 0 Å². The number of benzene rings is 2. The largest absolute Gasteiger partial charge is 0.348 e. The first-order valence-electron chi connectivity index (χ1n) is 9.69. The van der Waals surface area contributed by atoms with Gasteiger partial charge in [0.15, 0.2) is 0 Å². The first-order chi connectivity index (χ1) is 13.9. The number of carbonyl (C=O) groups excluding carboxylic acids is 2. The van der Waals surface area contributed by atoms with E-state index in [1.165, 1.54) is 12.1 Å². The Morgan fingerprint density at radius 3 is 2.21 bits per heavy atom. The van der Waals surface area contributed by atoms with Crippen molar-refractivity contribution in [2.45, 2.75) is 49.6 Å². The Hall–Kier alpha value is -2.87. The zero-order valence-corrected chi connectivity index (χ0v) is 16.9. The van der Waals surface area contributed by atoms with Crippen molar-refractivity contribution in [2.24, 2.45) is 0 Å². The van der Waals surface area contributed by atoms with Crippen molar-refractivity contribution in [1.29, 1.82) is 0 Å². The molecule has 7 nitrogen and oxygen atoms in total. The van der Waals surface area contributed by atoms with Gasteiger partial charge in [0.2, 0.25) is 0 Å². The molecule has 0 spiro atoms. The van der Waals surface area contributed by atoms with Gasteiger partial charge in [-0.25, -0.2) is 17.9 Å². The molecule has 0 aliphatic heterocycles. The van der Waals surface area contributed by atoms with Crippen molar-refractivity contribution in [3.05, 3.63) is 65.7 Å². The highest BCUT2D eigenvalue weighted by Crippen LogP contribution is 2.17. The quantitative estimate of drug-likeness (QED) is 0.675. The highest BCUT2D eigenvalue weighted by molar-refractivity contribution is 7.90. The Morgan fingerprint density at radius 2 is 1.55 bits per heavy atom. The molecule has 29 heavy (non-hydrogen) atoms. The Morgan fingerprint density at radius 1 is 0.897 bits per heavy atom. The lowest BCUT2D eigenvalue weighted by Gasteiger charge is -2.22. The van der Waals surface area contributed by atoms with Gasteiger partial charge >= 0.3 is 6.03 Å². The van der Waals surface area contributed by atoms with Gasteiger partial charge < -0.3 is 10.6 Å². The summed E-state index contributed by atoms with van der Waals surface area (Å²) in [5.74, 6) is -0.205. The van der Waals surface area contributed by atoms with Crippen LogP contribution in [-0.4, -0.2) is 26.4 Å². The second-order valence-electron chi connectivity index (χ2n) is 7.11. The van der Waals surface area contributed by atoms with Crippen LogP contribution in [0.3, 0.4) is 0 Å². The molecule has 0 bridgehead atoms. The molecule has 0 atom stereocenters. The minimum absolute atomic E-state index is 0.00516. The zero-order chi connectivity index (χ0) is 20.7. The summed E-state index contributed by atoms with van der Waals surface area (Å²) in [5, 5.41) is 5.51. The monoisotopic (exact) mass is 415 g/mol. The van der Waals surface area contributed by atoms with Crippen molar-refractivity contribution in [1.82, 2.24) is 15.4 Å². The molecule has 0 heterocycles. The number of nitrogens with one attached hydrogen (secondary N) is 3. The van der Waals surface area contributed by atoms with Crippen LogP contribution < -0.4 is 15.4 Å². The number of hydrogen-bond acceptors (Lipinski definition) is 4. The van der Waals surface area contributed by atoms with Gasteiger partial charge in [-0.2, -0.15) is 0 Å². The molecule has 0 radical (unpaired) electrons. The van der Waals surface area contributed by atoms with Crippen molar-refractivity contribution in [3.63, 3.8) is 0 Å². The molecule has 3 amide bonds. The summed E-state index contributed by atoms with van der Waals surface area (Å²) < 4.78 is 26.9. The van der Waals surface area contributed by atoms with Gasteiger partial charge in [-0.05, 0) is 42.7 Å². The SMILES string of the molecule is O=C(NC1CCCCC1)NS(=O)(=O)c1ccc(CNC(=O)c2ccccc2)cc1. The predicted molar refractivity (Wildman–Crippen MR) is 110 cm³/mol. The van der Waals surface area contributed by atoms with Crippen LogP contribution in [-0.2, 0) is 16.6 Å². The average Bonchev–Trinajstić information content (AvgIpc) is 2.73. The van der Waals surface area contributed by atoms with Gasteiger partial charge in [-0.1, -0.05) is 49.6 Å². The molecule has 1 fully saturated rings. The minimum Gasteiger partial charge on any atom is -0.348 e. The van der Waals surface area contributed by atoms with Crippen LogP contribution in [0, 0.1) is 0 Å². The van der Waals surface area contributed by atoms with E-state index in [-0.39, 0.29) is 23.4 Å². The van der Waals surface area contributed by atoms with Crippen molar-refractivity contribution in [2.75, 3.05) is 0 Å². The second-order valence-corrected chi connectivity index (χ2v) is 8.79. The second kappa shape index (κ2) is 9.56. The summed E-state index contributed by atoms with van der Waals surface area (Å²) in [6.45, 7) is 0.268. The van der Waals surface area contributed by atoms with Crippen molar-refractivity contribution < 1.29 is 18.0 Å². The molecule has 154 valence electrons. The van der Waals surface area contributed by atoms with Crippen molar-refractivity contribution >= 4 is 22.0 Å². The normalized spacial score (nSPS) is 14.8. The molecule has 3 N–H and O–H groups in total. The highest BCUT2D eigenvalue weighted by atomic mass is 32.2. The van der Waals surface area contributed by atoms with Crippen LogP contribution >= 0.6 is 0 Å².